The minimum absolute atomic E-state index is 0.119. The van der Waals surface area contributed by atoms with E-state index in [-0.39, 0.29) is 5.91 Å². The van der Waals surface area contributed by atoms with E-state index in [0.717, 1.165) is 25.8 Å². The average Bonchev–Trinajstić information content (AvgIpc) is 2.25. The van der Waals surface area contributed by atoms with Gasteiger partial charge in [-0.25, -0.2) is 0 Å². The van der Waals surface area contributed by atoms with Crippen LogP contribution in [0.1, 0.15) is 21.5 Å². The summed E-state index contributed by atoms with van der Waals surface area (Å²) in [7, 11) is 0. The van der Waals surface area contributed by atoms with Crippen LogP contribution in [0.25, 0.3) is 0 Å². The van der Waals surface area contributed by atoms with Gasteiger partial charge in [0.2, 0.25) is 0 Å². The fourth-order valence-electron chi connectivity index (χ4n) is 1.94. The number of amides is 1. The summed E-state index contributed by atoms with van der Waals surface area (Å²) in [5, 5.41) is 2.91. The second-order valence-corrected chi connectivity index (χ2v) is 6.32. The SMILES string of the molecule is Cc1cc(C)cc(NC(=O)c2cc(Br)cc(Br)c2)c1. The highest BCUT2D eigenvalue weighted by molar-refractivity contribution is 9.11. The van der Waals surface area contributed by atoms with Gasteiger partial charge < -0.3 is 5.32 Å². The highest BCUT2D eigenvalue weighted by atomic mass is 79.9. The number of anilines is 1. The van der Waals surface area contributed by atoms with Gasteiger partial charge in [-0.05, 0) is 55.3 Å². The van der Waals surface area contributed by atoms with Crippen LogP contribution < -0.4 is 5.32 Å². The molecule has 0 bridgehead atoms. The van der Waals surface area contributed by atoms with E-state index in [1.807, 2.05) is 32.0 Å². The Labute approximate surface area is 129 Å². The smallest absolute Gasteiger partial charge is 0.255 e. The van der Waals surface area contributed by atoms with Gasteiger partial charge in [0.15, 0.2) is 0 Å². The van der Waals surface area contributed by atoms with Gasteiger partial charge in [0.25, 0.3) is 5.91 Å². The van der Waals surface area contributed by atoms with E-state index < -0.39 is 0 Å². The first kappa shape index (κ1) is 14.3. The topological polar surface area (TPSA) is 29.1 Å². The first-order valence-corrected chi connectivity index (χ1v) is 7.38. The van der Waals surface area contributed by atoms with Crippen molar-refractivity contribution in [2.75, 3.05) is 5.32 Å². The van der Waals surface area contributed by atoms with Gasteiger partial charge in [-0.3, -0.25) is 4.79 Å². The van der Waals surface area contributed by atoms with Crippen molar-refractivity contribution >= 4 is 43.5 Å². The summed E-state index contributed by atoms with van der Waals surface area (Å²) < 4.78 is 1.74. The normalized spacial score (nSPS) is 10.3. The van der Waals surface area contributed by atoms with Crippen molar-refractivity contribution in [2.24, 2.45) is 0 Å². The molecule has 2 aromatic rings. The summed E-state index contributed by atoms with van der Waals surface area (Å²) in [5.74, 6) is -0.119. The zero-order valence-electron chi connectivity index (χ0n) is 10.6. The summed E-state index contributed by atoms with van der Waals surface area (Å²) in [4.78, 5) is 12.2. The molecule has 0 spiro atoms. The number of benzene rings is 2. The summed E-state index contributed by atoms with van der Waals surface area (Å²) >= 11 is 6.76. The van der Waals surface area contributed by atoms with Gasteiger partial charge in [0, 0.05) is 20.2 Å². The van der Waals surface area contributed by atoms with E-state index in [1.54, 1.807) is 12.1 Å². The molecule has 0 aliphatic heterocycles. The lowest BCUT2D eigenvalue weighted by Gasteiger charge is -2.08. The van der Waals surface area contributed by atoms with Crippen molar-refractivity contribution in [3.8, 4) is 0 Å². The van der Waals surface area contributed by atoms with Crippen LogP contribution in [0.2, 0.25) is 0 Å². The maximum absolute atomic E-state index is 12.2. The molecule has 19 heavy (non-hydrogen) atoms. The fraction of sp³-hybridized carbons (Fsp3) is 0.133. The number of hydrogen-bond donors (Lipinski definition) is 1. The van der Waals surface area contributed by atoms with Gasteiger partial charge >= 0.3 is 0 Å². The second-order valence-electron chi connectivity index (χ2n) is 4.49. The monoisotopic (exact) mass is 381 g/mol. The third-order valence-electron chi connectivity index (χ3n) is 2.60. The molecular weight excluding hydrogens is 370 g/mol. The van der Waals surface area contributed by atoms with Gasteiger partial charge in [0.1, 0.15) is 0 Å². The number of carbonyl (C=O) groups excluding carboxylic acids is 1. The highest BCUT2D eigenvalue weighted by Crippen LogP contribution is 2.21. The highest BCUT2D eigenvalue weighted by Gasteiger charge is 2.08. The zero-order valence-corrected chi connectivity index (χ0v) is 13.8. The minimum Gasteiger partial charge on any atom is -0.322 e. The Balaban J connectivity index is 2.25. The van der Waals surface area contributed by atoms with Crippen LogP contribution in [0.5, 0.6) is 0 Å². The maximum Gasteiger partial charge on any atom is 0.255 e. The summed E-state index contributed by atoms with van der Waals surface area (Å²) in [5.41, 5.74) is 3.69. The van der Waals surface area contributed by atoms with Crippen molar-refractivity contribution in [1.29, 1.82) is 0 Å². The van der Waals surface area contributed by atoms with Gasteiger partial charge in [0.05, 0.1) is 0 Å². The Kier molecular flexibility index (Phi) is 4.42. The van der Waals surface area contributed by atoms with E-state index in [0.29, 0.717) is 5.56 Å². The Morgan fingerprint density at radius 3 is 1.95 bits per heavy atom. The van der Waals surface area contributed by atoms with Crippen LogP contribution in [0.15, 0.2) is 45.3 Å². The largest absolute Gasteiger partial charge is 0.322 e. The van der Waals surface area contributed by atoms with Crippen LogP contribution in [-0.4, -0.2) is 5.91 Å². The molecule has 1 amide bonds. The van der Waals surface area contributed by atoms with Crippen molar-refractivity contribution in [3.63, 3.8) is 0 Å². The zero-order chi connectivity index (χ0) is 14.0. The molecule has 0 fully saturated rings. The molecule has 2 rings (SSSR count). The predicted octanol–water partition coefficient (Wildman–Crippen LogP) is 5.08. The molecule has 0 aliphatic carbocycles. The molecule has 0 heterocycles. The van der Waals surface area contributed by atoms with E-state index in [4.69, 9.17) is 0 Å². The Hall–Kier alpha value is -1.13. The Bertz CT molecular complexity index is 598. The van der Waals surface area contributed by atoms with Crippen LogP contribution in [0.3, 0.4) is 0 Å². The van der Waals surface area contributed by atoms with Crippen LogP contribution >= 0.6 is 31.9 Å². The van der Waals surface area contributed by atoms with Crippen molar-refractivity contribution in [1.82, 2.24) is 0 Å². The van der Waals surface area contributed by atoms with Gasteiger partial charge in [-0.1, -0.05) is 37.9 Å². The third-order valence-corrected chi connectivity index (χ3v) is 3.52. The quantitative estimate of drug-likeness (QED) is 0.770. The van der Waals surface area contributed by atoms with Crippen LogP contribution in [-0.2, 0) is 0 Å². The maximum atomic E-state index is 12.2. The van der Waals surface area contributed by atoms with Crippen molar-refractivity contribution in [3.05, 3.63) is 62.0 Å². The lowest BCUT2D eigenvalue weighted by Crippen LogP contribution is -2.12. The number of halogens is 2. The molecule has 0 aromatic heterocycles. The molecule has 2 aromatic carbocycles. The lowest BCUT2D eigenvalue weighted by atomic mass is 10.1. The van der Waals surface area contributed by atoms with Gasteiger partial charge in [-0.15, -0.1) is 0 Å². The van der Waals surface area contributed by atoms with Crippen molar-refractivity contribution < 1.29 is 4.79 Å². The molecule has 0 aliphatic rings. The molecule has 0 saturated heterocycles. The van der Waals surface area contributed by atoms with E-state index in [9.17, 15) is 4.79 Å². The summed E-state index contributed by atoms with van der Waals surface area (Å²) in [6, 6.07) is 11.5. The standard InChI is InChI=1S/C15H13Br2NO/c1-9-3-10(2)5-14(4-9)18-15(19)11-6-12(16)8-13(17)7-11/h3-8H,1-2H3,(H,18,19). The van der Waals surface area contributed by atoms with Gasteiger partial charge in [-0.2, -0.15) is 0 Å². The summed E-state index contributed by atoms with van der Waals surface area (Å²) in [6.07, 6.45) is 0. The molecule has 1 N–H and O–H groups in total. The number of nitrogens with one attached hydrogen (secondary N) is 1. The number of hydrogen-bond acceptors (Lipinski definition) is 1. The molecule has 0 unspecified atom stereocenters. The molecule has 0 atom stereocenters. The molecule has 2 nitrogen and oxygen atoms in total. The first-order chi connectivity index (χ1) is 8.94. The Morgan fingerprint density at radius 2 is 1.42 bits per heavy atom. The number of carbonyl (C=O) groups is 1. The molecule has 0 saturated carbocycles. The van der Waals surface area contributed by atoms with Crippen LogP contribution in [0.4, 0.5) is 5.69 Å². The Morgan fingerprint density at radius 1 is 0.895 bits per heavy atom. The van der Waals surface area contributed by atoms with E-state index in [2.05, 4.69) is 43.2 Å². The summed E-state index contributed by atoms with van der Waals surface area (Å²) in [6.45, 7) is 4.02. The minimum atomic E-state index is -0.119. The molecule has 4 heteroatoms. The average molecular weight is 383 g/mol. The van der Waals surface area contributed by atoms with E-state index in [1.165, 1.54) is 0 Å². The fourth-order valence-corrected chi connectivity index (χ4v) is 3.23. The number of rotatable bonds is 2. The third kappa shape index (κ3) is 3.91. The van der Waals surface area contributed by atoms with E-state index >= 15 is 0 Å². The predicted molar refractivity (Wildman–Crippen MR) is 85.7 cm³/mol. The lowest BCUT2D eigenvalue weighted by molar-refractivity contribution is 0.102. The molecule has 0 radical (unpaired) electrons. The first-order valence-electron chi connectivity index (χ1n) is 5.80. The molecular formula is C15H13Br2NO. The van der Waals surface area contributed by atoms with Crippen molar-refractivity contribution in [2.45, 2.75) is 13.8 Å². The second kappa shape index (κ2) is 5.88. The molecule has 98 valence electrons. The number of aryl methyl sites for hydroxylation is 2. The van der Waals surface area contributed by atoms with Crippen LogP contribution in [0, 0.1) is 13.8 Å².